The van der Waals surface area contributed by atoms with Crippen molar-refractivity contribution in [2.45, 2.75) is 12.8 Å². The molecular weight excluding hydrogens is 526 g/mol. The Morgan fingerprint density at radius 2 is 1.48 bits per heavy atom. The van der Waals surface area contributed by atoms with E-state index in [1.165, 1.54) is 74.0 Å². The van der Waals surface area contributed by atoms with Crippen LogP contribution in [0.15, 0.2) is 71.8 Å². The summed E-state index contributed by atoms with van der Waals surface area (Å²) in [6.45, 7) is 0.213. The predicted molar refractivity (Wildman–Crippen MR) is 141 cm³/mol. The molecule has 0 unspecified atom stereocenters. The average Bonchev–Trinajstić information content (AvgIpc) is 2.95. The Labute approximate surface area is 226 Å². The first-order valence-corrected chi connectivity index (χ1v) is 11.7. The Morgan fingerprint density at radius 1 is 0.875 bits per heavy atom. The van der Waals surface area contributed by atoms with Crippen LogP contribution in [0, 0.1) is 20.2 Å². The zero-order valence-corrected chi connectivity index (χ0v) is 21.1. The van der Waals surface area contributed by atoms with E-state index in [1.807, 2.05) is 0 Å². The molecule has 0 heterocycles. The summed E-state index contributed by atoms with van der Waals surface area (Å²) in [5.74, 6) is -1.20. The van der Waals surface area contributed by atoms with Crippen LogP contribution in [0.5, 0.6) is 11.5 Å². The largest absolute Gasteiger partial charge is 0.493 e. The molecule has 2 N–H and O–H groups in total. The fourth-order valence-corrected chi connectivity index (χ4v) is 3.25. The number of hydrazone groups is 1. The van der Waals surface area contributed by atoms with Gasteiger partial charge in [-0.3, -0.25) is 29.8 Å². The fraction of sp³-hybridized carbons (Fsp3) is 0.154. The first-order chi connectivity index (χ1) is 19.2. The van der Waals surface area contributed by atoms with E-state index in [4.69, 9.17) is 9.47 Å². The van der Waals surface area contributed by atoms with Gasteiger partial charge in [0.1, 0.15) is 0 Å². The maximum absolute atomic E-state index is 12.4. The Morgan fingerprint density at radius 3 is 2.05 bits per heavy atom. The first kappa shape index (κ1) is 28.9. The molecule has 0 spiro atoms. The van der Waals surface area contributed by atoms with Crippen molar-refractivity contribution >= 4 is 35.4 Å². The molecule has 0 saturated carbocycles. The Bertz CT molecular complexity index is 1440. The number of non-ortho nitro benzene ring substituents is 2. The Kier molecular flexibility index (Phi) is 9.94. The number of nitro groups is 2. The number of amides is 2. The van der Waals surface area contributed by atoms with Crippen molar-refractivity contribution in [1.29, 1.82) is 0 Å². The van der Waals surface area contributed by atoms with Gasteiger partial charge in [-0.2, -0.15) is 5.10 Å². The second-order valence-corrected chi connectivity index (χ2v) is 8.06. The van der Waals surface area contributed by atoms with Gasteiger partial charge < -0.3 is 14.8 Å². The average molecular weight is 549 g/mol. The zero-order chi connectivity index (χ0) is 29.1. The molecule has 14 nitrogen and oxygen atoms in total. The summed E-state index contributed by atoms with van der Waals surface area (Å²) < 4.78 is 10.6. The molecule has 0 radical (unpaired) electrons. The molecule has 0 bridgehead atoms. The highest BCUT2D eigenvalue weighted by molar-refractivity contribution is 5.94. The molecule has 3 rings (SSSR count). The van der Waals surface area contributed by atoms with Gasteiger partial charge in [-0.15, -0.1) is 0 Å². The Balaban J connectivity index is 1.44. The number of esters is 1. The lowest BCUT2D eigenvalue weighted by Crippen LogP contribution is -2.26. The predicted octanol–water partition coefficient (Wildman–Crippen LogP) is 3.39. The molecule has 206 valence electrons. The third-order valence-corrected chi connectivity index (χ3v) is 5.31. The molecule has 14 heteroatoms. The Hall–Kier alpha value is -5.66. The minimum Gasteiger partial charge on any atom is -0.493 e. The lowest BCUT2D eigenvalue weighted by molar-refractivity contribution is -0.385. The topological polar surface area (TPSA) is 192 Å². The minimum absolute atomic E-state index is 0.0821. The van der Waals surface area contributed by atoms with Crippen LogP contribution >= 0.6 is 0 Å². The van der Waals surface area contributed by atoms with Gasteiger partial charge in [-0.25, -0.2) is 10.2 Å². The summed E-state index contributed by atoms with van der Waals surface area (Å²) in [5.41, 5.74) is 3.00. The second-order valence-electron chi connectivity index (χ2n) is 8.06. The van der Waals surface area contributed by atoms with Crippen molar-refractivity contribution in [2.75, 3.05) is 13.7 Å². The van der Waals surface area contributed by atoms with Gasteiger partial charge in [0, 0.05) is 42.8 Å². The van der Waals surface area contributed by atoms with Gasteiger partial charge in [-0.05, 0) is 54.4 Å². The van der Waals surface area contributed by atoms with Crippen molar-refractivity contribution in [3.8, 4) is 11.5 Å². The van der Waals surface area contributed by atoms with Crippen molar-refractivity contribution in [3.05, 3.63) is 104 Å². The van der Waals surface area contributed by atoms with Crippen LogP contribution < -0.4 is 20.2 Å². The maximum atomic E-state index is 12.4. The van der Waals surface area contributed by atoms with Gasteiger partial charge >= 0.3 is 5.97 Å². The molecule has 0 aliphatic carbocycles. The van der Waals surface area contributed by atoms with E-state index >= 15 is 0 Å². The van der Waals surface area contributed by atoms with Crippen LogP contribution in [0.2, 0.25) is 0 Å². The fourth-order valence-electron chi connectivity index (χ4n) is 3.25. The normalized spacial score (nSPS) is 10.5. The van der Waals surface area contributed by atoms with E-state index in [0.717, 1.165) is 0 Å². The van der Waals surface area contributed by atoms with E-state index in [0.29, 0.717) is 12.0 Å². The molecule has 0 aliphatic rings. The molecule has 40 heavy (non-hydrogen) atoms. The number of carbonyl (C=O) groups excluding carboxylic acids is 3. The maximum Gasteiger partial charge on any atom is 0.343 e. The van der Waals surface area contributed by atoms with Gasteiger partial charge in [0.25, 0.3) is 17.3 Å². The molecule has 0 aromatic heterocycles. The standard InChI is InChI=1S/C26H23N5O9/c1-39-23-15-17(4-13-22(23)40-26(34)19-7-11-21(12-8-19)31(37)38)16-28-29-24(32)3-2-14-27-25(33)18-5-9-20(10-6-18)30(35)36/h4-13,15-16H,2-3,14H2,1H3,(H,27,33)(H,29,32)/b28-16+. The number of benzene rings is 3. The highest BCUT2D eigenvalue weighted by atomic mass is 16.6. The van der Waals surface area contributed by atoms with Crippen LogP contribution in [0.1, 0.15) is 39.1 Å². The van der Waals surface area contributed by atoms with Crippen LogP contribution in [0.25, 0.3) is 0 Å². The molecule has 0 aliphatic heterocycles. The third kappa shape index (κ3) is 8.17. The van der Waals surface area contributed by atoms with E-state index in [1.54, 1.807) is 6.07 Å². The van der Waals surface area contributed by atoms with Crippen LogP contribution in [-0.4, -0.2) is 47.5 Å². The third-order valence-electron chi connectivity index (χ3n) is 5.31. The van der Waals surface area contributed by atoms with Crippen LogP contribution in [-0.2, 0) is 4.79 Å². The van der Waals surface area contributed by atoms with Crippen molar-refractivity contribution < 1.29 is 33.7 Å². The number of nitrogens with one attached hydrogen (secondary N) is 2. The van der Waals surface area contributed by atoms with Gasteiger partial charge in [-0.1, -0.05) is 0 Å². The summed E-state index contributed by atoms with van der Waals surface area (Å²) >= 11 is 0. The minimum atomic E-state index is -0.731. The van der Waals surface area contributed by atoms with Crippen LogP contribution in [0.3, 0.4) is 0 Å². The number of hydrogen-bond acceptors (Lipinski definition) is 10. The summed E-state index contributed by atoms with van der Waals surface area (Å²) in [6.07, 6.45) is 1.78. The van der Waals surface area contributed by atoms with E-state index in [9.17, 15) is 34.6 Å². The SMILES string of the molecule is COc1cc(/C=N/NC(=O)CCCNC(=O)c2ccc([N+](=O)[O-])cc2)ccc1OC(=O)c1ccc([N+](=O)[O-])cc1. The lowest BCUT2D eigenvalue weighted by atomic mass is 10.2. The van der Waals surface area contributed by atoms with Crippen molar-refractivity contribution in [3.63, 3.8) is 0 Å². The molecule has 3 aromatic carbocycles. The van der Waals surface area contributed by atoms with E-state index in [2.05, 4.69) is 15.8 Å². The molecule has 0 atom stereocenters. The number of hydrogen-bond donors (Lipinski definition) is 2. The number of nitro benzene ring substituents is 2. The number of ether oxygens (including phenoxy) is 2. The monoisotopic (exact) mass is 549 g/mol. The van der Waals surface area contributed by atoms with Crippen molar-refractivity contribution in [2.24, 2.45) is 5.10 Å². The van der Waals surface area contributed by atoms with Gasteiger partial charge in [0.2, 0.25) is 5.91 Å². The van der Waals surface area contributed by atoms with E-state index in [-0.39, 0.29) is 52.9 Å². The van der Waals surface area contributed by atoms with Gasteiger partial charge in [0.15, 0.2) is 11.5 Å². The summed E-state index contributed by atoms with van der Waals surface area (Å²) in [7, 11) is 1.38. The number of nitrogens with zero attached hydrogens (tertiary/aromatic N) is 3. The highest BCUT2D eigenvalue weighted by Gasteiger charge is 2.15. The number of rotatable bonds is 12. The van der Waals surface area contributed by atoms with E-state index < -0.39 is 21.7 Å². The summed E-state index contributed by atoms with van der Waals surface area (Å²) in [5, 5.41) is 27.9. The van der Waals surface area contributed by atoms with Crippen LogP contribution in [0.4, 0.5) is 11.4 Å². The van der Waals surface area contributed by atoms with Crippen molar-refractivity contribution in [1.82, 2.24) is 10.7 Å². The molecule has 0 fully saturated rings. The molecule has 3 aromatic rings. The van der Waals surface area contributed by atoms with Gasteiger partial charge in [0.05, 0.1) is 28.7 Å². The molecule has 0 saturated heterocycles. The zero-order valence-electron chi connectivity index (χ0n) is 21.1. The smallest absolute Gasteiger partial charge is 0.343 e. The first-order valence-electron chi connectivity index (χ1n) is 11.7. The lowest BCUT2D eigenvalue weighted by Gasteiger charge is -2.10. The second kappa shape index (κ2) is 13.8. The quantitative estimate of drug-likeness (QED) is 0.0850. The summed E-state index contributed by atoms with van der Waals surface area (Å²) in [4.78, 5) is 56.8. The highest BCUT2D eigenvalue weighted by Crippen LogP contribution is 2.28. The summed E-state index contributed by atoms with van der Waals surface area (Å²) in [6, 6.07) is 14.7. The molecule has 2 amide bonds. The number of carbonyl (C=O) groups is 3. The molecular formula is C26H23N5O9. The number of methoxy groups -OCH3 is 1.